The summed E-state index contributed by atoms with van der Waals surface area (Å²) in [5.41, 5.74) is 1.06. The first-order valence-electron chi connectivity index (χ1n) is 6.41. The van der Waals surface area contributed by atoms with Crippen molar-refractivity contribution in [2.75, 3.05) is 13.2 Å². The molecule has 1 aliphatic heterocycles. The molecule has 19 heavy (non-hydrogen) atoms. The average Bonchev–Trinajstić information content (AvgIpc) is 2.86. The lowest BCUT2D eigenvalue weighted by molar-refractivity contribution is -0.127. The Balaban J connectivity index is 1.88. The second kappa shape index (κ2) is 6.33. The van der Waals surface area contributed by atoms with Gasteiger partial charge in [-0.05, 0) is 12.0 Å². The molecule has 0 bridgehead atoms. The molecule has 0 spiro atoms. The lowest BCUT2D eigenvalue weighted by atomic mass is 10.0. The van der Waals surface area contributed by atoms with Gasteiger partial charge in [-0.1, -0.05) is 30.3 Å². The van der Waals surface area contributed by atoms with Gasteiger partial charge in [-0.2, -0.15) is 0 Å². The van der Waals surface area contributed by atoms with Crippen molar-refractivity contribution in [2.45, 2.75) is 18.9 Å². The summed E-state index contributed by atoms with van der Waals surface area (Å²) in [6.45, 7) is 0.267. The molecule has 0 radical (unpaired) electrons. The number of aliphatic hydroxyl groups is 1. The minimum absolute atomic E-state index is 0.0937. The predicted octanol–water partition coefficient (Wildman–Crippen LogP) is -0.158. The van der Waals surface area contributed by atoms with Gasteiger partial charge >= 0.3 is 0 Å². The molecule has 5 heteroatoms. The lowest BCUT2D eigenvalue weighted by Crippen LogP contribution is -2.42. The zero-order chi connectivity index (χ0) is 13.7. The number of hydrogen-bond acceptors (Lipinski definition) is 3. The van der Waals surface area contributed by atoms with Crippen LogP contribution in [0.5, 0.6) is 0 Å². The molecule has 3 N–H and O–H groups in total. The van der Waals surface area contributed by atoms with Crippen LogP contribution in [0, 0.1) is 5.92 Å². The number of amides is 2. The molecule has 2 amide bonds. The number of aliphatic hydroxyl groups excluding tert-OH is 1. The van der Waals surface area contributed by atoms with Gasteiger partial charge in [-0.3, -0.25) is 9.59 Å². The number of rotatable bonds is 5. The minimum Gasteiger partial charge on any atom is -0.394 e. The third-order valence-corrected chi connectivity index (χ3v) is 3.24. The molecule has 0 saturated carbocycles. The van der Waals surface area contributed by atoms with E-state index in [2.05, 4.69) is 10.6 Å². The van der Waals surface area contributed by atoms with Gasteiger partial charge in [-0.15, -0.1) is 0 Å². The van der Waals surface area contributed by atoms with Crippen LogP contribution in [0.15, 0.2) is 30.3 Å². The summed E-state index contributed by atoms with van der Waals surface area (Å²) in [4.78, 5) is 23.0. The van der Waals surface area contributed by atoms with Gasteiger partial charge < -0.3 is 15.7 Å². The molecular weight excluding hydrogens is 244 g/mol. The van der Waals surface area contributed by atoms with Gasteiger partial charge in [0.05, 0.1) is 18.6 Å². The van der Waals surface area contributed by atoms with E-state index in [0.29, 0.717) is 13.0 Å². The largest absolute Gasteiger partial charge is 0.394 e. The maximum Gasteiger partial charge on any atom is 0.225 e. The molecule has 1 aromatic carbocycles. The van der Waals surface area contributed by atoms with E-state index in [4.69, 9.17) is 0 Å². The third kappa shape index (κ3) is 3.79. The van der Waals surface area contributed by atoms with Crippen LogP contribution >= 0.6 is 0 Å². The highest BCUT2D eigenvalue weighted by molar-refractivity contribution is 5.89. The van der Waals surface area contributed by atoms with E-state index in [9.17, 15) is 14.7 Å². The smallest absolute Gasteiger partial charge is 0.225 e. The summed E-state index contributed by atoms with van der Waals surface area (Å²) in [6.07, 6.45) is 0.812. The van der Waals surface area contributed by atoms with Crippen LogP contribution in [0.4, 0.5) is 0 Å². The standard InChI is InChI=1S/C14H18N2O3/c17-9-12(6-10-4-2-1-3-5-10)16-14(19)11-7-13(18)15-8-11/h1-5,11-12,17H,6-9H2,(H,15,18)(H,16,19)/t11?,12-/m0/s1. The van der Waals surface area contributed by atoms with Gasteiger partial charge in [0.2, 0.25) is 11.8 Å². The van der Waals surface area contributed by atoms with E-state index in [1.54, 1.807) is 0 Å². The van der Waals surface area contributed by atoms with Crippen molar-refractivity contribution in [2.24, 2.45) is 5.92 Å². The summed E-state index contributed by atoms with van der Waals surface area (Å²) in [6, 6.07) is 9.36. The van der Waals surface area contributed by atoms with Crippen molar-refractivity contribution >= 4 is 11.8 Å². The summed E-state index contributed by atoms with van der Waals surface area (Å²) >= 11 is 0. The predicted molar refractivity (Wildman–Crippen MR) is 70.3 cm³/mol. The minimum atomic E-state index is -0.322. The Bertz CT molecular complexity index is 447. The first-order valence-corrected chi connectivity index (χ1v) is 6.41. The van der Waals surface area contributed by atoms with Crippen LogP contribution in [0.25, 0.3) is 0 Å². The van der Waals surface area contributed by atoms with E-state index in [1.807, 2.05) is 30.3 Å². The molecule has 0 aliphatic carbocycles. The number of carbonyl (C=O) groups excluding carboxylic acids is 2. The van der Waals surface area contributed by atoms with Gasteiger partial charge in [0, 0.05) is 13.0 Å². The van der Waals surface area contributed by atoms with Crippen LogP contribution in [0.1, 0.15) is 12.0 Å². The lowest BCUT2D eigenvalue weighted by Gasteiger charge is -2.18. The second-order valence-electron chi connectivity index (χ2n) is 4.78. The van der Waals surface area contributed by atoms with Crippen molar-refractivity contribution in [3.8, 4) is 0 Å². The molecule has 2 atom stereocenters. The number of benzene rings is 1. The summed E-state index contributed by atoms with van der Waals surface area (Å²) in [7, 11) is 0. The topological polar surface area (TPSA) is 78.4 Å². The molecule has 1 saturated heterocycles. The first kappa shape index (κ1) is 13.5. The van der Waals surface area contributed by atoms with Crippen molar-refractivity contribution in [3.63, 3.8) is 0 Å². The van der Waals surface area contributed by atoms with Crippen molar-refractivity contribution in [3.05, 3.63) is 35.9 Å². The zero-order valence-corrected chi connectivity index (χ0v) is 10.6. The molecule has 5 nitrogen and oxygen atoms in total. The summed E-state index contributed by atoms with van der Waals surface area (Å²) in [5, 5.41) is 14.8. The number of hydrogen-bond donors (Lipinski definition) is 3. The normalized spacial score (nSPS) is 19.8. The highest BCUT2D eigenvalue weighted by Gasteiger charge is 2.29. The van der Waals surface area contributed by atoms with Gasteiger partial charge in [-0.25, -0.2) is 0 Å². The first-order chi connectivity index (χ1) is 9.19. The number of carbonyl (C=O) groups is 2. The van der Waals surface area contributed by atoms with Crippen LogP contribution in [-0.4, -0.2) is 36.1 Å². The van der Waals surface area contributed by atoms with Crippen molar-refractivity contribution < 1.29 is 14.7 Å². The second-order valence-corrected chi connectivity index (χ2v) is 4.78. The zero-order valence-electron chi connectivity index (χ0n) is 10.6. The SMILES string of the molecule is O=C1CC(C(=O)N[C@H](CO)Cc2ccccc2)CN1. The van der Waals surface area contributed by atoms with Crippen molar-refractivity contribution in [1.82, 2.24) is 10.6 Å². The molecule has 1 fully saturated rings. The maximum atomic E-state index is 11.9. The fraction of sp³-hybridized carbons (Fsp3) is 0.429. The highest BCUT2D eigenvalue weighted by Crippen LogP contribution is 2.10. The van der Waals surface area contributed by atoms with Crippen LogP contribution in [0.2, 0.25) is 0 Å². The Hall–Kier alpha value is -1.88. The monoisotopic (exact) mass is 262 g/mol. The highest BCUT2D eigenvalue weighted by atomic mass is 16.3. The van der Waals surface area contributed by atoms with E-state index in [0.717, 1.165) is 5.56 Å². The Morgan fingerprint density at radius 1 is 1.42 bits per heavy atom. The van der Waals surface area contributed by atoms with Crippen LogP contribution < -0.4 is 10.6 Å². The number of nitrogens with one attached hydrogen (secondary N) is 2. The van der Waals surface area contributed by atoms with Crippen LogP contribution in [0.3, 0.4) is 0 Å². The molecular formula is C14H18N2O3. The molecule has 1 unspecified atom stereocenters. The Kier molecular flexibility index (Phi) is 4.52. The van der Waals surface area contributed by atoms with E-state index < -0.39 is 0 Å². The van der Waals surface area contributed by atoms with Gasteiger partial charge in [0.1, 0.15) is 0 Å². The van der Waals surface area contributed by atoms with Gasteiger partial charge in [0.15, 0.2) is 0 Å². The molecule has 102 valence electrons. The maximum absolute atomic E-state index is 11.9. The van der Waals surface area contributed by atoms with Crippen LogP contribution in [-0.2, 0) is 16.0 Å². The van der Waals surface area contributed by atoms with E-state index >= 15 is 0 Å². The van der Waals surface area contributed by atoms with Crippen molar-refractivity contribution in [1.29, 1.82) is 0 Å². The Morgan fingerprint density at radius 3 is 2.74 bits per heavy atom. The van der Waals surface area contributed by atoms with Gasteiger partial charge in [0.25, 0.3) is 0 Å². The molecule has 2 rings (SSSR count). The van der Waals surface area contributed by atoms with E-state index in [-0.39, 0.29) is 36.8 Å². The van der Waals surface area contributed by atoms with E-state index in [1.165, 1.54) is 0 Å². The summed E-state index contributed by atoms with van der Waals surface area (Å²) in [5.74, 6) is -0.589. The average molecular weight is 262 g/mol. The fourth-order valence-corrected chi connectivity index (χ4v) is 2.17. The molecule has 1 aliphatic rings. The Labute approximate surface area is 112 Å². The molecule has 1 aromatic rings. The third-order valence-electron chi connectivity index (χ3n) is 3.24. The molecule has 0 aromatic heterocycles. The quantitative estimate of drug-likeness (QED) is 0.690. The fourth-order valence-electron chi connectivity index (χ4n) is 2.17. The Morgan fingerprint density at radius 2 is 2.16 bits per heavy atom. The molecule has 1 heterocycles. The summed E-state index contributed by atoms with van der Waals surface area (Å²) < 4.78 is 0.